The van der Waals surface area contributed by atoms with Crippen LogP contribution in [0.4, 0.5) is 4.39 Å². The maximum Gasteiger partial charge on any atom is 0.126 e. The van der Waals surface area contributed by atoms with Crippen molar-refractivity contribution in [3.63, 3.8) is 0 Å². The molecule has 0 spiro atoms. The first-order valence-electron chi connectivity index (χ1n) is 6.07. The Morgan fingerprint density at radius 3 is 2.74 bits per heavy atom. The quantitative estimate of drug-likeness (QED) is 0.731. The fraction of sp³-hybridized carbons (Fsp3) is 0.125. The summed E-state index contributed by atoms with van der Waals surface area (Å²) in [6.07, 6.45) is -0.713. The van der Waals surface area contributed by atoms with Crippen LogP contribution >= 0.6 is 11.3 Å². The van der Waals surface area contributed by atoms with Crippen molar-refractivity contribution in [2.75, 3.05) is 0 Å². The van der Waals surface area contributed by atoms with Crippen LogP contribution in [0.3, 0.4) is 0 Å². The highest BCUT2D eigenvalue weighted by molar-refractivity contribution is 7.17. The van der Waals surface area contributed by atoms with E-state index in [1.807, 2.05) is 29.6 Å². The number of halogens is 1. The second kappa shape index (κ2) is 4.76. The molecule has 0 aliphatic carbocycles. The van der Waals surface area contributed by atoms with Crippen LogP contribution < -0.4 is 0 Å². The van der Waals surface area contributed by atoms with E-state index in [0.717, 1.165) is 21.2 Å². The minimum absolute atomic E-state index is 0.244. The summed E-state index contributed by atoms with van der Waals surface area (Å²) < 4.78 is 14.4. The average Bonchev–Trinajstić information content (AvgIpc) is 2.85. The van der Waals surface area contributed by atoms with Crippen LogP contribution in [0.25, 0.3) is 10.1 Å². The highest BCUT2D eigenvalue weighted by atomic mass is 32.1. The van der Waals surface area contributed by atoms with E-state index in [0.29, 0.717) is 5.56 Å². The molecule has 0 amide bonds. The third-order valence-corrected chi connectivity index (χ3v) is 4.28. The largest absolute Gasteiger partial charge is 0.384 e. The van der Waals surface area contributed by atoms with Crippen LogP contribution in [0.15, 0.2) is 47.8 Å². The van der Waals surface area contributed by atoms with Crippen molar-refractivity contribution in [3.8, 4) is 0 Å². The molecule has 1 atom stereocenters. The van der Waals surface area contributed by atoms with Crippen molar-refractivity contribution >= 4 is 21.4 Å². The minimum Gasteiger partial charge on any atom is -0.384 e. The Bertz CT molecular complexity index is 732. The van der Waals surface area contributed by atoms with Crippen molar-refractivity contribution in [3.05, 3.63) is 70.4 Å². The van der Waals surface area contributed by atoms with Crippen molar-refractivity contribution in [1.29, 1.82) is 0 Å². The number of benzene rings is 2. The molecule has 1 aromatic heterocycles. The van der Waals surface area contributed by atoms with E-state index < -0.39 is 6.10 Å². The van der Waals surface area contributed by atoms with Gasteiger partial charge in [-0.3, -0.25) is 0 Å². The van der Waals surface area contributed by atoms with Gasteiger partial charge >= 0.3 is 0 Å². The molecule has 0 saturated heterocycles. The first kappa shape index (κ1) is 12.3. The van der Waals surface area contributed by atoms with E-state index in [2.05, 4.69) is 0 Å². The summed E-state index contributed by atoms with van der Waals surface area (Å²) in [5.41, 5.74) is 2.16. The number of hydrogen-bond donors (Lipinski definition) is 1. The Morgan fingerprint density at radius 2 is 1.95 bits per heavy atom. The highest BCUT2D eigenvalue weighted by Gasteiger charge is 2.15. The van der Waals surface area contributed by atoms with Gasteiger partial charge in [-0.25, -0.2) is 4.39 Å². The van der Waals surface area contributed by atoms with Crippen LogP contribution in [0, 0.1) is 12.7 Å². The molecule has 2 aromatic carbocycles. The van der Waals surface area contributed by atoms with E-state index in [-0.39, 0.29) is 5.82 Å². The summed E-state index contributed by atoms with van der Waals surface area (Å²) in [5, 5.41) is 13.5. The molecular formula is C16H13FOS. The Hall–Kier alpha value is -1.71. The predicted octanol–water partition coefficient (Wildman–Crippen LogP) is 4.43. The van der Waals surface area contributed by atoms with Gasteiger partial charge in [0.25, 0.3) is 0 Å². The zero-order chi connectivity index (χ0) is 13.4. The van der Waals surface area contributed by atoms with E-state index in [1.54, 1.807) is 30.4 Å². The van der Waals surface area contributed by atoms with Gasteiger partial charge in [-0.05, 0) is 40.9 Å². The summed E-state index contributed by atoms with van der Waals surface area (Å²) in [6.45, 7) is 1.71. The van der Waals surface area contributed by atoms with Crippen LogP contribution in [0.1, 0.15) is 22.8 Å². The molecule has 1 heterocycles. The molecule has 0 fully saturated rings. The molecule has 0 aliphatic rings. The maximum atomic E-state index is 13.3. The number of fused-ring (bicyclic) bond motifs is 1. The monoisotopic (exact) mass is 272 g/mol. The predicted molar refractivity (Wildman–Crippen MR) is 77.0 cm³/mol. The number of rotatable bonds is 2. The lowest BCUT2D eigenvalue weighted by molar-refractivity contribution is 0.222. The number of aryl methyl sites for hydroxylation is 1. The number of aliphatic hydroxyl groups excluding tert-OH is 1. The van der Waals surface area contributed by atoms with Gasteiger partial charge in [0.1, 0.15) is 11.9 Å². The van der Waals surface area contributed by atoms with E-state index in [9.17, 15) is 9.50 Å². The summed E-state index contributed by atoms with van der Waals surface area (Å²) in [4.78, 5) is 0. The van der Waals surface area contributed by atoms with Crippen LogP contribution in [-0.2, 0) is 0 Å². The molecule has 3 rings (SSSR count). The lowest BCUT2D eigenvalue weighted by Crippen LogP contribution is -1.99. The van der Waals surface area contributed by atoms with Crippen LogP contribution in [-0.4, -0.2) is 5.11 Å². The minimum atomic E-state index is -0.713. The Labute approximate surface area is 115 Å². The van der Waals surface area contributed by atoms with Gasteiger partial charge in [-0.1, -0.05) is 30.3 Å². The molecular weight excluding hydrogens is 259 g/mol. The maximum absolute atomic E-state index is 13.3. The smallest absolute Gasteiger partial charge is 0.126 e. The SMILES string of the molecule is Cc1cc(C(O)c2csc3ccccc23)ccc1F. The van der Waals surface area contributed by atoms with Crippen LogP contribution in [0.5, 0.6) is 0 Å². The normalized spacial score (nSPS) is 12.8. The van der Waals surface area contributed by atoms with Crippen LogP contribution in [0.2, 0.25) is 0 Å². The topological polar surface area (TPSA) is 20.2 Å². The highest BCUT2D eigenvalue weighted by Crippen LogP contribution is 2.33. The van der Waals surface area contributed by atoms with Crippen molar-refractivity contribution in [1.82, 2.24) is 0 Å². The fourth-order valence-electron chi connectivity index (χ4n) is 2.23. The first-order valence-corrected chi connectivity index (χ1v) is 6.95. The zero-order valence-electron chi connectivity index (χ0n) is 10.4. The molecule has 0 radical (unpaired) electrons. The third kappa shape index (κ3) is 2.15. The van der Waals surface area contributed by atoms with Gasteiger partial charge in [0.2, 0.25) is 0 Å². The second-order valence-electron chi connectivity index (χ2n) is 4.60. The lowest BCUT2D eigenvalue weighted by Gasteiger charge is -2.11. The zero-order valence-corrected chi connectivity index (χ0v) is 11.2. The standard InChI is InChI=1S/C16H13FOS/c1-10-8-11(6-7-14(10)17)16(18)13-9-19-15-5-3-2-4-12(13)15/h2-9,16,18H,1H3. The molecule has 1 nitrogen and oxygen atoms in total. The lowest BCUT2D eigenvalue weighted by atomic mass is 9.99. The number of thiophene rings is 1. The fourth-order valence-corrected chi connectivity index (χ4v) is 3.21. The molecule has 0 bridgehead atoms. The summed E-state index contributed by atoms with van der Waals surface area (Å²) >= 11 is 1.61. The van der Waals surface area contributed by atoms with Gasteiger partial charge < -0.3 is 5.11 Å². The van der Waals surface area contributed by atoms with Gasteiger partial charge in [-0.2, -0.15) is 0 Å². The number of aliphatic hydroxyl groups is 1. The molecule has 19 heavy (non-hydrogen) atoms. The Morgan fingerprint density at radius 1 is 1.16 bits per heavy atom. The van der Waals surface area contributed by atoms with E-state index in [1.165, 1.54) is 6.07 Å². The third-order valence-electron chi connectivity index (χ3n) is 3.30. The molecule has 1 unspecified atom stereocenters. The van der Waals surface area contributed by atoms with Crippen molar-refractivity contribution in [2.24, 2.45) is 0 Å². The van der Waals surface area contributed by atoms with Crippen molar-refractivity contribution < 1.29 is 9.50 Å². The van der Waals surface area contributed by atoms with E-state index in [4.69, 9.17) is 0 Å². The van der Waals surface area contributed by atoms with Gasteiger partial charge in [0.05, 0.1) is 0 Å². The molecule has 3 heteroatoms. The molecule has 0 saturated carbocycles. The molecule has 1 N–H and O–H groups in total. The second-order valence-corrected chi connectivity index (χ2v) is 5.51. The number of hydrogen-bond acceptors (Lipinski definition) is 2. The Kier molecular flexibility index (Phi) is 3.09. The molecule has 0 aliphatic heterocycles. The first-order chi connectivity index (χ1) is 9.16. The average molecular weight is 272 g/mol. The summed E-state index contributed by atoms with van der Waals surface area (Å²) in [6, 6.07) is 12.7. The summed E-state index contributed by atoms with van der Waals surface area (Å²) in [5.74, 6) is -0.244. The van der Waals surface area contributed by atoms with Gasteiger partial charge in [-0.15, -0.1) is 11.3 Å². The van der Waals surface area contributed by atoms with Gasteiger partial charge in [0.15, 0.2) is 0 Å². The molecule has 3 aromatic rings. The Balaban J connectivity index is 2.08. The summed E-state index contributed by atoms with van der Waals surface area (Å²) in [7, 11) is 0. The van der Waals surface area contributed by atoms with E-state index >= 15 is 0 Å². The van der Waals surface area contributed by atoms with Gasteiger partial charge in [0, 0.05) is 10.3 Å². The molecule has 96 valence electrons. The van der Waals surface area contributed by atoms with Crippen molar-refractivity contribution in [2.45, 2.75) is 13.0 Å².